The molecule has 0 aliphatic heterocycles. The Bertz CT molecular complexity index is 1060. The van der Waals surface area contributed by atoms with E-state index in [2.05, 4.69) is 10.6 Å². The van der Waals surface area contributed by atoms with Crippen LogP contribution in [0.2, 0.25) is 0 Å². The van der Waals surface area contributed by atoms with E-state index in [-0.39, 0.29) is 24.0 Å². The van der Waals surface area contributed by atoms with E-state index in [4.69, 9.17) is 4.74 Å². The number of alkyl carbamates (subject to hydrolysis) is 1. The van der Waals surface area contributed by atoms with Gasteiger partial charge in [-0.05, 0) is 61.4 Å². The summed E-state index contributed by atoms with van der Waals surface area (Å²) in [7, 11) is 0. The van der Waals surface area contributed by atoms with Gasteiger partial charge >= 0.3 is 6.09 Å². The van der Waals surface area contributed by atoms with Gasteiger partial charge in [-0.15, -0.1) is 0 Å². The quantitative estimate of drug-likeness (QED) is 0.491. The van der Waals surface area contributed by atoms with Crippen LogP contribution in [0.1, 0.15) is 35.3 Å². The van der Waals surface area contributed by atoms with Gasteiger partial charge in [-0.2, -0.15) is 0 Å². The standard InChI is InChI=1S/C24H23FN2O4/c1-24(2,31-23(30)26-15-16-7-13-19(25)14-8-16)18-11-9-17(10-12-18)22(29)27-20-5-3-4-6-21(20)28/h3-14,28H,15H2,1-2H3,(H,26,30)(H,27,29). The average molecular weight is 422 g/mol. The van der Waals surface area contributed by atoms with Crippen LogP contribution in [0.25, 0.3) is 0 Å². The number of rotatable bonds is 6. The molecule has 3 aromatic carbocycles. The van der Waals surface area contributed by atoms with Crippen LogP contribution < -0.4 is 10.6 Å². The number of aromatic hydroxyl groups is 1. The van der Waals surface area contributed by atoms with E-state index in [1.54, 1.807) is 68.4 Å². The summed E-state index contributed by atoms with van der Waals surface area (Å²) in [6.07, 6.45) is -0.615. The summed E-state index contributed by atoms with van der Waals surface area (Å²) in [4.78, 5) is 24.6. The van der Waals surface area contributed by atoms with Crippen molar-refractivity contribution in [1.82, 2.24) is 5.32 Å². The first-order valence-corrected chi connectivity index (χ1v) is 9.66. The fourth-order valence-electron chi connectivity index (χ4n) is 2.90. The summed E-state index contributed by atoms with van der Waals surface area (Å²) in [5.41, 5.74) is 1.21. The Morgan fingerprint density at radius 1 is 0.968 bits per heavy atom. The van der Waals surface area contributed by atoms with E-state index >= 15 is 0 Å². The van der Waals surface area contributed by atoms with Crippen molar-refractivity contribution >= 4 is 17.7 Å². The number of nitrogens with one attached hydrogen (secondary N) is 2. The SMILES string of the molecule is CC(C)(OC(=O)NCc1ccc(F)cc1)c1ccc(C(=O)Nc2ccccc2O)cc1. The molecule has 0 bridgehead atoms. The van der Waals surface area contributed by atoms with Gasteiger partial charge < -0.3 is 20.5 Å². The first-order valence-electron chi connectivity index (χ1n) is 9.66. The van der Waals surface area contributed by atoms with E-state index in [0.717, 1.165) is 5.56 Å². The Balaban J connectivity index is 1.59. The maximum absolute atomic E-state index is 13.0. The largest absolute Gasteiger partial charge is 0.506 e. The molecule has 0 unspecified atom stereocenters. The Kier molecular flexibility index (Phi) is 6.55. The maximum Gasteiger partial charge on any atom is 0.408 e. The molecule has 0 aliphatic rings. The smallest absolute Gasteiger partial charge is 0.408 e. The third-order valence-corrected chi connectivity index (χ3v) is 4.69. The van der Waals surface area contributed by atoms with Crippen LogP contribution in [0.15, 0.2) is 72.8 Å². The summed E-state index contributed by atoms with van der Waals surface area (Å²) in [6, 6.07) is 18.9. The number of carbonyl (C=O) groups excluding carboxylic acids is 2. The number of amides is 2. The topological polar surface area (TPSA) is 87.7 Å². The lowest BCUT2D eigenvalue weighted by molar-refractivity contribution is 0.0360. The minimum atomic E-state index is -0.945. The molecule has 0 heterocycles. The van der Waals surface area contributed by atoms with Crippen molar-refractivity contribution in [2.45, 2.75) is 26.0 Å². The van der Waals surface area contributed by atoms with Crippen LogP contribution in [0.3, 0.4) is 0 Å². The van der Waals surface area contributed by atoms with Gasteiger partial charge in [0.1, 0.15) is 17.2 Å². The van der Waals surface area contributed by atoms with Gasteiger partial charge in [-0.3, -0.25) is 4.79 Å². The molecule has 3 N–H and O–H groups in total. The lowest BCUT2D eigenvalue weighted by Gasteiger charge is -2.26. The van der Waals surface area contributed by atoms with Gasteiger partial charge in [-0.1, -0.05) is 36.4 Å². The second-order valence-corrected chi connectivity index (χ2v) is 7.43. The Morgan fingerprint density at radius 3 is 2.26 bits per heavy atom. The van der Waals surface area contributed by atoms with Crippen molar-refractivity contribution < 1.29 is 23.8 Å². The second-order valence-electron chi connectivity index (χ2n) is 7.43. The molecule has 0 atom stereocenters. The predicted molar refractivity (Wildman–Crippen MR) is 115 cm³/mol. The highest BCUT2D eigenvalue weighted by molar-refractivity contribution is 6.05. The second kappa shape index (κ2) is 9.30. The molecule has 0 aliphatic carbocycles. The van der Waals surface area contributed by atoms with Gasteiger partial charge in [0.2, 0.25) is 0 Å². The number of carbonyl (C=O) groups is 2. The minimum Gasteiger partial charge on any atom is -0.506 e. The zero-order valence-corrected chi connectivity index (χ0v) is 17.2. The number of ether oxygens (including phenoxy) is 1. The molecule has 160 valence electrons. The molecule has 0 saturated carbocycles. The molecular weight excluding hydrogens is 399 g/mol. The fraction of sp³-hybridized carbons (Fsp3) is 0.167. The van der Waals surface area contributed by atoms with Crippen LogP contribution in [0, 0.1) is 5.82 Å². The summed E-state index contributed by atoms with van der Waals surface area (Å²) in [5.74, 6) is -0.734. The van der Waals surface area contributed by atoms with E-state index < -0.39 is 11.7 Å². The molecule has 0 spiro atoms. The number of halogens is 1. The van der Waals surface area contributed by atoms with Gasteiger partial charge in [-0.25, -0.2) is 9.18 Å². The zero-order valence-electron chi connectivity index (χ0n) is 17.2. The van der Waals surface area contributed by atoms with E-state index in [9.17, 15) is 19.1 Å². The summed E-state index contributed by atoms with van der Waals surface area (Å²) in [5, 5.41) is 15.1. The summed E-state index contributed by atoms with van der Waals surface area (Å²) in [6.45, 7) is 3.68. The van der Waals surface area contributed by atoms with Crippen LogP contribution in [-0.2, 0) is 16.9 Å². The summed E-state index contributed by atoms with van der Waals surface area (Å²) >= 11 is 0. The summed E-state index contributed by atoms with van der Waals surface area (Å²) < 4.78 is 18.5. The highest BCUT2D eigenvalue weighted by Gasteiger charge is 2.25. The predicted octanol–water partition coefficient (Wildman–Crippen LogP) is 4.95. The highest BCUT2D eigenvalue weighted by atomic mass is 19.1. The lowest BCUT2D eigenvalue weighted by atomic mass is 9.97. The third-order valence-electron chi connectivity index (χ3n) is 4.69. The molecule has 0 radical (unpaired) electrons. The molecule has 2 amide bonds. The average Bonchev–Trinajstić information content (AvgIpc) is 2.75. The fourth-order valence-corrected chi connectivity index (χ4v) is 2.90. The van der Waals surface area contributed by atoms with E-state index in [1.165, 1.54) is 18.2 Å². The van der Waals surface area contributed by atoms with Crippen molar-refractivity contribution in [3.05, 3.63) is 95.3 Å². The van der Waals surface area contributed by atoms with Crippen molar-refractivity contribution in [3.63, 3.8) is 0 Å². The van der Waals surface area contributed by atoms with Crippen molar-refractivity contribution in [2.75, 3.05) is 5.32 Å². The highest BCUT2D eigenvalue weighted by Crippen LogP contribution is 2.26. The molecule has 0 aromatic heterocycles. The molecule has 6 nitrogen and oxygen atoms in total. The molecular formula is C24H23FN2O4. The van der Waals surface area contributed by atoms with Gasteiger partial charge in [0.15, 0.2) is 0 Å². The van der Waals surface area contributed by atoms with Gasteiger partial charge in [0.25, 0.3) is 5.91 Å². The molecule has 0 saturated heterocycles. The number of hydrogen-bond donors (Lipinski definition) is 3. The van der Waals surface area contributed by atoms with Crippen LogP contribution in [0.5, 0.6) is 5.75 Å². The van der Waals surface area contributed by atoms with Crippen molar-refractivity contribution in [2.24, 2.45) is 0 Å². The molecule has 31 heavy (non-hydrogen) atoms. The molecule has 3 rings (SSSR count). The Hall–Kier alpha value is -3.87. The Labute approximate surface area is 179 Å². The van der Waals surface area contributed by atoms with Crippen LogP contribution in [0.4, 0.5) is 14.9 Å². The first kappa shape index (κ1) is 21.8. The van der Waals surface area contributed by atoms with Crippen LogP contribution >= 0.6 is 0 Å². The van der Waals surface area contributed by atoms with Crippen LogP contribution in [-0.4, -0.2) is 17.1 Å². The number of para-hydroxylation sites is 2. The van der Waals surface area contributed by atoms with E-state index in [1.807, 2.05) is 0 Å². The number of hydrogen-bond acceptors (Lipinski definition) is 4. The number of phenolic OH excluding ortho intramolecular Hbond substituents is 1. The zero-order chi connectivity index (χ0) is 22.4. The number of benzene rings is 3. The number of phenols is 1. The number of anilines is 1. The van der Waals surface area contributed by atoms with E-state index in [0.29, 0.717) is 16.8 Å². The third kappa shape index (κ3) is 5.82. The lowest BCUT2D eigenvalue weighted by Crippen LogP contribution is -2.32. The normalized spacial score (nSPS) is 10.9. The monoisotopic (exact) mass is 422 g/mol. The minimum absolute atomic E-state index is 0.0198. The molecule has 7 heteroatoms. The van der Waals surface area contributed by atoms with Gasteiger partial charge in [0.05, 0.1) is 5.69 Å². The maximum atomic E-state index is 13.0. The molecule has 0 fully saturated rings. The Morgan fingerprint density at radius 2 is 1.61 bits per heavy atom. The van der Waals surface area contributed by atoms with Crippen molar-refractivity contribution in [1.29, 1.82) is 0 Å². The molecule has 3 aromatic rings. The first-order chi connectivity index (χ1) is 14.7. The van der Waals surface area contributed by atoms with Gasteiger partial charge in [0, 0.05) is 12.1 Å². The van der Waals surface area contributed by atoms with Crippen molar-refractivity contribution in [3.8, 4) is 5.75 Å².